The van der Waals surface area contributed by atoms with Gasteiger partial charge in [0.2, 0.25) is 11.8 Å². The van der Waals surface area contributed by atoms with Crippen LogP contribution in [0.15, 0.2) is 53.4 Å². The highest BCUT2D eigenvalue weighted by atomic mass is 35.5. The van der Waals surface area contributed by atoms with Gasteiger partial charge in [-0.05, 0) is 48.9 Å². The number of hydrogen-bond donors (Lipinski definition) is 2. The van der Waals surface area contributed by atoms with Crippen LogP contribution in [-0.2, 0) is 16.1 Å². The van der Waals surface area contributed by atoms with Gasteiger partial charge in [0.1, 0.15) is 0 Å². The highest BCUT2D eigenvalue weighted by Gasteiger charge is 2.14. The van der Waals surface area contributed by atoms with Gasteiger partial charge in [-0.2, -0.15) is 0 Å². The molecule has 126 valence electrons. The van der Waals surface area contributed by atoms with Gasteiger partial charge in [-0.1, -0.05) is 23.7 Å². The van der Waals surface area contributed by atoms with E-state index in [0.29, 0.717) is 11.6 Å². The normalized spacial score (nSPS) is 11.6. The van der Waals surface area contributed by atoms with E-state index in [0.717, 1.165) is 16.1 Å². The zero-order valence-electron chi connectivity index (χ0n) is 13.5. The number of thioether (sulfide) groups is 1. The molecule has 0 bridgehead atoms. The molecule has 1 atom stereocenters. The first-order valence-electron chi connectivity index (χ1n) is 7.50. The van der Waals surface area contributed by atoms with Crippen LogP contribution in [-0.4, -0.2) is 17.1 Å². The summed E-state index contributed by atoms with van der Waals surface area (Å²) in [6, 6.07) is 14.8. The summed E-state index contributed by atoms with van der Waals surface area (Å²) in [5, 5.41) is 6.09. The Balaban J connectivity index is 1.84. The number of rotatable bonds is 6. The van der Waals surface area contributed by atoms with Gasteiger partial charge in [0.25, 0.3) is 0 Å². The number of benzene rings is 2. The Labute approximate surface area is 151 Å². The maximum atomic E-state index is 12.2. The first-order valence-corrected chi connectivity index (χ1v) is 8.76. The summed E-state index contributed by atoms with van der Waals surface area (Å²) in [7, 11) is 0. The fourth-order valence-corrected chi connectivity index (χ4v) is 3.03. The molecule has 2 aromatic carbocycles. The lowest BCUT2D eigenvalue weighted by Crippen LogP contribution is -2.30. The molecule has 0 aliphatic carbocycles. The number of halogens is 1. The van der Waals surface area contributed by atoms with Crippen molar-refractivity contribution in [3.63, 3.8) is 0 Å². The maximum absolute atomic E-state index is 12.2. The Morgan fingerprint density at radius 3 is 2.29 bits per heavy atom. The van der Waals surface area contributed by atoms with Crippen molar-refractivity contribution in [2.75, 3.05) is 5.32 Å². The molecule has 2 N–H and O–H groups in total. The first kappa shape index (κ1) is 18.4. The van der Waals surface area contributed by atoms with Gasteiger partial charge in [0.15, 0.2) is 0 Å². The van der Waals surface area contributed by atoms with Crippen molar-refractivity contribution < 1.29 is 9.59 Å². The number of carbonyl (C=O) groups is 2. The Hall–Kier alpha value is -1.98. The van der Waals surface area contributed by atoms with Gasteiger partial charge in [-0.15, -0.1) is 11.8 Å². The first-order chi connectivity index (χ1) is 11.4. The second-order valence-corrected chi connectivity index (χ2v) is 7.16. The predicted octanol–water partition coefficient (Wildman–Crippen LogP) is 4.10. The molecule has 0 saturated carbocycles. The molecule has 0 radical (unpaired) electrons. The van der Waals surface area contributed by atoms with Crippen LogP contribution < -0.4 is 10.6 Å². The van der Waals surface area contributed by atoms with Crippen LogP contribution in [0.5, 0.6) is 0 Å². The topological polar surface area (TPSA) is 58.2 Å². The van der Waals surface area contributed by atoms with Gasteiger partial charge in [-0.25, -0.2) is 0 Å². The summed E-state index contributed by atoms with van der Waals surface area (Å²) < 4.78 is 0. The Bertz CT molecular complexity index is 702. The average molecular weight is 363 g/mol. The van der Waals surface area contributed by atoms with Crippen molar-refractivity contribution in [3.05, 3.63) is 59.1 Å². The second kappa shape index (κ2) is 8.76. The van der Waals surface area contributed by atoms with E-state index in [1.807, 2.05) is 43.3 Å². The SMILES string of the molecule is CC(=O)Nc1ccc(SC(C)C(=O)NCc2ccc(Cl)cc2)cc1. The number of anilines is 1. The highest BCUT2D eigenvalue weighted by molar-refractivity contribution is 8.00. The fourth-order valence-electron chi connectivity index (χ4n) is 2.01. The number of carbonyl (C=O) groups excluding carboxylic acids is 2. The van der Waals surface area contributed by atoms with E-state index in [1.54, 1.807) is 12.1 Å². The molecular formula is C18H19ClN2O2S. The summed E-state index contributed by atoms with van der Waals surface area (Å²) in [6.07, 6.45) is 0. The zero-order chi connectivity index (χ0) is 17.5. The lowest BCUT2D eigenvalue weighted by molar-refractivity contribution is -0.120. The molecule has 0 spiro atoms. The molecule has 2 aromatic rings. The van der Waals surface area contributed by atoms with Crippen molar-refractivity contribution in [1.29, 1.82) is 0 Å². The van der Waals surface area contributed by atoms with Crippen LogP contribution in [0.3, 0.4) is 0 Å². The molecule has 4 nitrogen and oxygen atoms in total. The molecule has 0 aromatic heterocycles. The molecule has 0 aliphatic heterocycles. The van der Waals surface area contributed by atoms with E-state index in [4.69, 9.17) is 11.6 Å². The minimum absolute atomic E-state index is 0.0270. The van der Waals surface area contributed by atoms with Crippen LogP contribution in [0.25, 0.3) is 0 Å². The molecule has 2 amide bonds. The summed E-state index contributed by atoms with van der Waals surface area (Å²) in [5.74, 6) is -0.133. The minimum atomic E-state index is -0.219. The zero-order valence-corrected chi connectivity index (χ0v) is 15.1. The van der Waals surface area contributed by atoms with Crippen LogP contribution in [0, 0.1) is 0 Å². The molecule has 1 unspecified atom stereocenters. The van der Waals surface area contributed by atoms with E-state index in [2.05, 4.69) is 10.6 Å². The Kier molecular flexibility index (Phi) is 6.70. The van der Waals surface area contributed by atoms with E-state index in [9.17, 15) is 9.59 Å². The van der Waals surface area contributed by atoms with E-state index >= 15 is 0 Å². The third-order valence-corrected chi connectivity index (χ3v) is 4.60. The lowest BCUT2D eigenvalue weighted by Gasteiger charge is -2.12. The van der Waals surface area contributed by atoms with Crippen LogP contribution in [0.2, 0.25) is 5.02 Å². The van der Waals surface area contributed by atoms with Gasteiger partial charge in [-0.3, -0.25) is 9.59 Å². The number of nitrogens with one attached hydrogen (secondary N) is 2. The van der Waals surface area contributed by atoms with Crippen molar-refractivity contribution >= 4 is 40.9 Å². The quantitative estimate of drug-likeness (QED) is 0.761. The predicted molar refractivity (Wildman–Crippen MR) is 99.4 cm³/mol. The molecule has 0 aliphatic rings. The number of hydrogen-bond acceptors (Lipinski definition) is 3. The third kappa shape index (κ3) is 5.91. The maximum Gasteiger partial charge on any atom is 0.233 e. The molecule has 0 saturated heterocycles. The second-order valence-electron chi connectivity index (χ2n) is 5.31. The largest absolute Gasteiger partial charge is 0.351 e. The van der Waals surface area contributed by atoms with Gasteiger partial charge < -0.3 is 10.6 Å². The van der Waals surface area contributed by atoms with Gasteiger partial charge in [0.05, 0.1) is 5.25 Å². The summed E-state index contributed by atoms with van der Waals surface area (Å²) in [4.78, 5) is 24.2. The smallest absolute Gasteiger partial charge is 0.233 e. The van der Waals surface area contributed by atoms with Crippen LogP contribution in [0.4, 0.5) is 5.69 Å². The van der Waals surface area contributed by atoms with Crippen molar-refractivity contribution in [3.8, 4) is 0 Å². The molecule has 24 heavy (non-hydrogen) atoms. The summed E-state index contributed by atoms with van der Waals surface area (Å²) in [5.41, 5.74) is 1.75. The molecule has 0 fully saturated rings. The van der Waals surface area contributed by atoms with Crippen LogP contribution >= 0.6 is 23.4 Å². The molecular weight excluding hydrogens is 344 g/mol. The minimum Gasteiger partial charge on any atom is -0.351 e. The van der Waals surface area contributed by atoms with Crippen LogP contribution in [0.1, 0.15) is 19.4 Å². The molecule has 6 heteroatoms. The fraction of sp³-hybridized carbons (Fsp3) is 0.222. The summed E-state index contributed by atoms with van der Waals surface area (Å²) >= 11 is 7.31. The average Bonchev–Trinajstić information content (AvgIpc) is 2.55. The standard InChI is InChI=1S/C18H19ClN2O2S/c1-12(18(23)20-11-14-3-5-15(19)6-4-14)24-17-9-7-16(8-10-17)21-13(2)22/h3-10,12H,11H2,1-2H3,(H,20,23)(H,21,22). The van der Waals surface area contributed by atoms with Crippen molar-refractivity contribution in [2.45, 2.75) is 30.5 Å². The van der Waals surface area contributed by atoms with Gasteiger partial charge in [0, 0.05) is 29.1 Å². The van der Waals surface area contributed by atoms with E-state index in [1.165, 1.54) is 18.7 Å². The van der Waals surface area contributed by atoms with Crippen molar-refractivity contribution in [1.82, 2.24) is 5.32 Å². The molecule has 2 rings (SSSR count). The molecule has 0 heterocycles. The van der Waals surface area contributed by atoms with E-state index < -0.39 is 0 Å². The Morgan fingerprint density at radius 2 is 1.71 bits per heavy atom. The Morgan fingerprint density at radius 1 is 1.08 bits per heavy atom. The van der Waals surface area contributed by atoms with E-state index in [-0.39, 0.29) is 17.1 Å². The van der Waals surface area contributed by atoms with Crippen molar-refractivity contribution in [2.24, 2.45) is 0 Å². The third-order valence-electron chi connectivity index (χ3n) is 3.24. The summed E-state index contributed by atoms with van der Waals surface area (Å²) in [6.45, 7) is 3.81. The monoisotopic (exact) mass is 362 g/mol. The highest BCUT2D eigenvalue weighted by Crippen LogP contribution is 2.25. The number of amides is 2. The lowest BCUT2D eigenvalue weighted by atomic mass is 10.2. The van der Waals surface area contributed by atoms with Gasteiger partial charge >= 0.3 is 0 Å².